The number of benzene rings is 1. The number of aliphatic hydroxyl groups excluding tert-OH is 1. The maximum Gasteiger partial charge on any atom is 0.257 e. The van der Waals surface area contributed by atoms with Gasteiger partial charge in [0.15, 0.2) is 5.60 Å². The number of aliphatic hydroxyl groups is 3. The van der Waals surface area contributed by atoms with Crippen LogP contribution >= 0.6 is 0 Å². The van der Waals surface area contributed by atoms with Gasteiger partial charge in [-0.3, -0.25) is 4.79 Å². The molecule has 2 heterocycles. The molecule has 2 aliphatic rings. The van der Waals surface area contributed by atoms with E-state index in [2.05, 4.69) is 0 Å². The Morgan fingerprint density at radius 3 is 2.62 bits per heavy atom. The Labute approximate surface area is 141 Å². The Morgan fingerprint density at radius 1 is 1.42 bits per heavy atom. The fourth-order valence-electron chi connectivity index (χ4n) is 3.53. The van der Waals surface area contributed by atoms with Crippen LogP contribution in [0.4, 0.5) is 0 Å². The number of likely N-dealkylation sites (tertiary alicyclic amines) is 1. The number of likely N-dealkylation sites (N-methyl/N-ethyl adjacent to an activating group) is 1. The molecule has 6 heteroatoms. The van der Waals surface area contributed by atoms with Crippen molar-refractivity contribution in [1.82, 2.24) is 4.90 Å². The minimum Gasteiger partial charge on any atom is -0.487 e. The van der Waals surface area contributed by atoms with E-state index in [1.807, 2.05) is 18.2 Å². The first kappa shape index (κ1) is 17.2. The first-order valence-corrected chi connectivity index (χ1v) is 8.20. The van der Waals surface area contributed by atoms with Gasteiger partial charge in [-0.1, -0.05) is 12.1 Å². The van der Waals surface area contributed by atoms with Gasteiger partial charge in [-0.05, 0) is 44.4 Å². The van der Waals surface area contributed by atoms with Crippen LogP contribution in [0.2, 0.25) is 0 Å². The first-order chi connectivity index (χ1) is 11.0. The summed E-state index contributed by atoms with van der Waals surface area (Å²) < 4.78 is 5.78. The van der Waals surface area contributed by atoms with Crippen LogP contribution in [0.1, 0.15) is 31.9 Å². The molecule has 0 bridgehead atoms. The molecule has 3 rings (SSSR count). The van der Waals surface area contributed by atoms with Crippen molar-refractivity contribution in [2.24, 2.45) is 0 Å². The highest BCUT2D eigenvalue weighted by Crippen LogP contribution is 2.35. The van der Waals surface area contributed by atoms with E-state index in [1.165, 1.54) is 11.8 Å². The summed E-state index contributed by atoms with van der Waals surface area (Å²) in [6, 6.07) is 5.26. The van der Waals surface area contributed by atoms with Crippen molar-refractivity contribution in [3.05, 3.63) is 29.3 Å². The van der Waals surface area contributed by atoms with Crippen molar-refractivity contribution < 1.29 is 24.9 Å². The topological polar surface area (TPSA) is 90.2 Å². The van der Waals surface area contributed by atoms with E-state index in [9.17, 15) is 20.1 Å². The predicted octanol–water partition coefficient (Wildman–Crippen LogP) is 0.256. The Kier molecular flexibility index (Phi) is 3.90. The third-order valence-corrected chi connectivity index (χ3v) is 5.22. The van der Waals surface area contributed by atoms with Crippen molar-refractivity contribution >= 4 is 5.91 Å². The van der Waals surface area contributed by atoms with Crippen molar-refractivity contribution in [1.29, 1.82) is 0 Å². The molecule has 0 aliphatic carbocycles. The maximum atomic E-state index is 12.0. The Hall–Kier alpha value is -1.63. The fourth-order valence-corrected chi connectivity index (χ4v) is 3.53. The highest BCUT2D eigenvalue weighted by Gasteiger charge is 2.53. The lowest BCUT2D eigenvalue weighted by Crippen LogP contribution is -2.43. The molecule has 1 fully saturated rings. The number of fused-ring (bicyclic) bond motifs is 1. The second-order valence-corrected chi connectivity index (χ2v) is 7.69. The average molecular weight is 335 g/mol. The predicted molar refractivity (Wildman–Crippen MR) is 87.8 cm³/mol. The lowest BCUT2D eigenvalue weighted by atomic mass is 9.92. The molecule has 1 aromatic carbocycles. The normalized spacial score (nSPS) is 32.9. The van der Waals surface area contributed by atoms with Gasteiger partial charge in [0.05, 0.1) is 11.6 Å². The number of nitrogens with zero attached hydrogens (tertiary/aromatic N) is 1. The molecule has 6 nitrogen and oxygen atoms in total. The molecule has 1 amide bonds. The van der Waals surface area contributed by atoms with Gasteiger partial charge in [0.1, 0.15) is 18.0 Å². The Balaban J connectivity index is 1.79. The summed E-state index contributed by atoms with van der Waals surface area (Å²) in [7, 11) is 1.60. The molecule has 4 atom stereocenters. The van der Waals surface area contributed by atoms with Gasteiger partial charge < -0.3 is 25.0 Å². The molecule has 0 saturated carbocycles. The Bertz CT molecular complexity index is 664. The number of hydrogen-bond acceptors (Lipinski definition) is 5. The maximum absolute atomic E-state index is 12.0. The van der Waals surface area contributed by atoms with E-state index in [-0.39, 0.29) is 6.10 Å². The summed E-state index contributed by atoms with van der Waals surface area (Å²) in [4.78, 5) is 13.5. The Morgan fingerprint density at radius 2 is 2.08 bits per heavy atom. The van der Waals surface area contributed by atoms with Gasteiger partial charge in [-0.25, -0.2) is 0 Å². The van der Waals surface area contributed by atoms with E-state index in [0.29, 0.717) is 12.8 Å². The second kappa shape index (κ2) is 5.44. The van der Waals surface area contributed by atoms with Gasteiger partial charge in [-0.2, -0.15) is 0 Å². The van der Waals surface area contributed by atoms with E-state index in [0.717, 1.165) is 16.9 Å². The number of ether oxygens (including phenoxy) is 1. The van der Waals surface area contributed by atoms with Crippen LogP contribution in [0.15, 0.2) is 18.2 Å². The van der Waals surface area contributed by atoms with E-state index in [1.54, 1.807) is 20.9 Å². The first-order valence-electron chi connectivity index (χ1n) is 8.20. The zero-order valence-electron chi connectivity index (χ0n) is 14.5. The van der Waals surface area contributed by atoms with Gasteiger partial charge in [0, 0.05) is 13.5 Å². The fraction of sp³-hybridized carbons (Fsp3) is 0.611. The van der Waals surface area contributed by atoms with Crippen molar-refractivity contribution in [2.75, 3.05) is 7.05 Å². The smallest absolute Gasteiger partial charge is 0.257 e. The minimum absolute atomic E-state index is 0.287. The molecule has 1 saturated heterocycles. The molecular formula is C18H25NO5. The lowest BCUT2D eigenvalue weighted by Gasteiger charge is -2.24. The number of carbonyl (C=O) groups excluding carboxylic acids is 1. The second-order valence-electron chi connectivity index (χ2n) is 7.69. The largest absolute Gasteiger partial charge is 0.487 e. The number of rotatable bonds is 3. The summed E-state index contributed by atoms with van der Waals surface area (Å²) in [5.41, 5.74) is -0.708. The van der Waals surface area contributed by atoms with Gasteiger partial charge in [0.2, 0.25) is 0 Å². The van der Waals surface area contributed by atoms with Crippen molar-refractivity contribution in [3.63, 3.8) is 0 Å². The molecule has 1 unspecified atom stereocenters. The van der Waals surface area contributed by atoms with Crippen LogP contribution in [0, 0.1) is 0 Å². The zero-order valence-corrected chi connectivity index (χ0v) is 14.5. The highest BCUT2D eigenvalue weighted by atomic mass is 16.5. The van der Waals surface area contributed by atoms with Crippen LogP contribution in [0.5, 0.6) is 5.75 Å². The molecule has 0 radical (unpaired) electrons. The van der Waals surface area contributed by atoms with Crippen LogP contribution in [-0.4, -0.2) is 62.6 Å². The summed E-state index contributed by atoms with van der Waals surface area (Å²) in [6.07, 6.45) is -0.361. The third-order valence-electron chi connectivity index (χ3n) is 5.22. The van der Waals surface area contributed by atoms with Crippen molar-refractivity contribution in [2.45, 2.75) is 63.1 Å². The number of hydrogen-bond donors (Lipinski definition) is 3. The molecule has 2 aliphatic heterocycles. The van der Waals surface area contributed by atoms with Crippen LogP contribution in [0.25, 0.3) is 0 Å². The molecule has 0 aromatic heterocycles. The minimum atomic E-state index is -1.74. The van der Waals surface area contributed by atoms with E-state index >= 15 is 0 Å². The number of carbonyl (C=O) groups is 1. The van der Waals surface area contributed by atoms with E-state index in [4.69, 9.17) is 4.74 Å². The van der Waals surface area contributed by atoms with Crippen molar-refractivity contribution in [3.8, 4) is 5.75 Å². The van der Waals surface area contributed by atoms with Crippen LogP contribution in [-0.2, 0) is 17.6 Å². The molecule has 0 spiro atoms. The zero-order chi connectivity index (χ0) is 17.9. The molecule has 24 heavy (non-hydrogen) atoms. The molecule has 132 valence electrons. The monoisotopic (exact) mass is 335 g/mol. The summed E-state index contributed by atoms with van der Waals surface area (Å²) in [5.74, 6) is 0.292. The standard InChI is InChI=1S/C18H25NO5/c1-17(2,22)14-9-11-7-10(5-6-13(11)24-14)8-12-15(20)18(3,23)16(21)19(12)4/h5-7,12,14-15,20,22-23H,8-9H2,1-4H3/t12-,14?,15-,18-/m0/s1. The summed E-state index contributed by atoms with van der Waals surface area (Å²) in [5, 5.41) is 30.5. The third kappa shape index (κ3) is 2.68. The van der Waals surface area contributed by atoms with Gasteiger partial charge in [0.25, 0.3) is 5.91 Å². The van der Waals surface area contributed by atoms with E-state index < -0.39 is 29.3 Å². The van der Waals surface area contributed by atoms with Gasteiger partial charge >= 0.3 is 0 Å². The van der Waals surface area contributed by atoms with Gasteiger partial charge in [-0.15, -0.1) is 0 Å². The molecule has 1 aromatic rings. The number of amides is 1. The lowest BCUT2D eigenvalue weighted by molar-refractivity contribution is -0.144. The molecular weight excluding hydrogens is 310 g/mol. The SMILES string of the molecule is CN1C(=O)[C@@](C)(O)[C@@H](O)[C@@H]1Cc1ccc2c(c1)CC(C(C)(C)O)O2. The highest BCUT2D eigenvalue weighted by molar-refractivity contribution is 5.88. The molecule has 3 N–H and O–H groups in total. The average Bonchev–Trinajstić information content (AvgIpc) is 2.98. The van der Waals surface area contributed by atoms with Crippen LogP contribution in [0.3, 0.4) is 0 Å². The van der Waals surface area contributed by atoms with Crippen LogP contribution < -0.4 is 4.74 Å². The summed E-state index contributed by atoms with van der Waals surface area (Å²) >= 11 is 0. The summed E-state index contributed by atoms with van der Waals surface area (Å²) in [6.45, 7) is 4.80. The quantitative estimate of drug-likeness (QED) is 0.737.